The van der Waals surface area contributed by atoms with Crippen molar-refractivity contribution in [1.29, 1.82) is 0 Å². The van der Waals surface area contributed by atoms with Gasteiger partial charge in [-0.1, -0.05) is 73.1 Å². The van der Waals surface area contributed by atoms with Crippen molar-refractivity contribution in [2.45, 2.75) is 36.9 Å². The third kappa shape index (κ3) is 3.81. The molecule has 1 nitrogen and oxygen atoms in total. The molecular formula is C22H23F2NS2. The van der Waals surface area contributed by atoms with Crippen LogP contribution in [0.1, 0.15) is 43.2 Å². The summed E-state index contributed by atoms with van der Waals surface area (Å²) in [5, 5.41) is 0. The van der Waals surface area contributed by atoms with Crippen molar-refractivity contribution in [3.05, 3.63) is 71.3 Å². The fraction of sp³-hybridized carbons (Fsp3) is 0.409. The average molecular weight is 404 g/mol. The topological polar surface area (TPSA) is 12.4 Å². The van der Waals surface area contributed by atoms with Crippen LogP contribution in [0.15, 0.2) is 53.5 Å². The SMILES string of the molecule is Fc1ccc(C(SC2=NCCS2)(c2ccccc2F)C2CCCCC2)cc1. The summed E-state index contributed by atoms with van der Waals surface area (Å²) in [6.07, 6.45) is 5.64. The lowest BCUT2D eigenvalue weighted by atomic mass is 9.72. The molecule has 1 atom stereocenters. The van der Waals surface area contributed by atoms with Crippen LogP contribution in [0.2, 0.25) is 0 Å². The van der Waals surface area contributed by atoms with Crippen LogP contribution in [0.25, 0.3) is 0 Å². The highest BCUT2D eigenvalue weighted by atomic mass is 32.2. The summed E-state index contributed by atoms with van der Waals surface area (Å²) >= 11 is 3.43. The molecule has 0 saturated heterocycles. The van der Waals surface area contributed by atoms with Crippen LogP contribution >= 0.6 is 23.5 Å². The Hall–Kier alpha value is -1.33. The van der Waals surface area contributed by atoms with Crippen molar-refractivity contribution in [1.82, 2.24) is 0 Å². The summed E-state index contributed by atoms with van der Waals surface area (Å²) in [7, 11) is 0. The zero-order valence-corrected chi connectivity index (χ0v) is 16.8. The van der Waals surface area contributed by atoms with Crippen molar-refractivity contribution in [3.63, 3.8) is 0 Å². The molecular weight excluding hydrogens is 380 g/mol. The Labute approximate surface area is 168 Å². The van der Waals surface area contributed by atoms with Gasteiger partial charge in [0.05, 0.1) is 11.3 Å². The summed E-state index contributed by atoms with van der Waals surface area (Å²) < 4.78 is 29.3. The van der Waals surface area contributed by atoms with Gasteiger partial charge in [-0.15, -0.1) is 0 Å². The fourth-order valence-corrected chi connectivity index (χ4v) is 7.08. The summed E-state index contributed by atoms with van der Waals surface area (Å²) in [5.41, 5.74) is 1.67. The molecule has 1 unspecified atom stereocenters. The number of hydrogen-bond acceptors (Lipinski definition) is 3. The first kappa shape index (κ1) is 19.0. The Bertz CT molecular complexity index is 815. The van der Waals surface area contributed by atoms with Gasteiger partial charge in [0.2, 0.25) is 0 Å². The van der Waals surface area contributed by atoms with Gasteiger partial charge in [-0.25, -0.2) is 8.78 Å². The van der Waals surface area contributed by atoms with Crippen molar-refractivity contribution in [2.24, 2.45) is 10.9 Å². The van der Waals surface area contributed by atoms with E-state index in [0.29, 0.717) is 11.5 Å². The van der Waals surface area contributed by atoms with Crippen molar-refractivity contribution in [2.75, 3.05) is 12.3 Å². The Kier molecular flexibility index (Phi) is 5.88. The molecule has 4 rings (SSSR count). The van der Waals surface area contributed by atoms with Crippen LogP contribution in [0.5, 0.6) is 0 Å². The normalized spacial score (nSPS) is 20.3. The lowest BCUT2D eigenvalue weighted by Gasteiger charge is -2.43. The van der Waals surface area contributed by atoms with E-state index >= 15 is 4.39 Å². The maximum absolute atomic E-state index is 15.1. The van der Waals surface area contributed by atoms with Crippen LogP contribution < -0.4 is 0 Å². The molecule has 0 N–H and O–H groups in total. The highest BCUT2D eigenvalue weighted by Crippen LogP contribution is 2.55. The molecule has 27 heavy (non-hydrogen) atoms. The minimum Gasteiger partial charge on any atom is -0.271 e. The van der Waals surface area contributed by atoms with Crippen molar-refractivity contribution < 1.29 is 8.78 Å². The van der Waals surface area contributed by atoms with Crippen LogP contribution in [0.3, 0.4) is 0 Å². The van der Waals surface area contributed by atoms with Gasteiger partial charge >= 0.3 is 0 Å². The van der Waals surface area contributed by atoms with Gasteiger partial charge in [0.25, 0.3) is 0 Å². The molecule has 5 heteroatoms. The average Bonchev–Trinajstić information content (AvgIpc) is 3.21. The van der Waals surface area contributed by atoms with E-state index in [1.54, 1.807) is 35.7 Å². The summed E-state index contributed by atoms with van der Waals surface area (Å²) in [6.45, 7) is 0.814. The second-order valence-corrected chi connectivity index (χ2v) is 9.73. The molecule has 2 aliphatic rings. The van der Waals surface area contributed by atoms with Gasteiger partial charge in [-0.3, -0.25) is 4.99 Å². The second-order valence-electron chi connectivity index (χ2n) is 7.16. The highest BCUT2D eigenvalue weighted by molar-refractivity contribution is 8.39. The van der Waals surface area contributed by atoms with Gasteiger partial charge in [-0.05, 0) is 42.5 Å². The van der Waals surface area contributed by atoms with Gasteiger partial charge in [-0.2, -0.15) is 0 Å². The summed E-state index contributed by atoms with van der Waals surface area (Å²) in [4.78, 5) is 4.66. The molecule has 0 bridgehead atoms. The molecule has 0 amide bonds. The second kappa shape index (κ2) is 8.36. The van der Waals surface area contributed by atoms with Gasteiger partial charge < -0.3 is 0 Å². The van der Waals surface area contributed by atoms with E-state index in [4.69, 9.17) is 0 Å². The molecule has 0 spiro atoms. The molecule has 142 valence electrons. The summed E-state index contributed by atoms with van der Waals surface area (Å²) in [5.74, 6) is 0.817. The molecule has 2 aromatic rings. The number of rotatable bonds is 4. The standard InChI is InChI=1S/C22H23F2NS2/c23-18-12-10-17(11-13-18)22(16-6-2-1-3-7-16,27-21-25-14-15-26-21)19-8-4-5-9-20(19)24/h4-5,8-13,16H,1-3,6-7,14-15H2. The van der Waals surface area contributed by atoms with Gasteiger partial charge in [0, 0.05) is 11.3 Å². The maximum atomic E-state index is 15.1. The monoisotopic (exact) mass is 403 g/mol. The fourth-order valence-electron chi connectivity index (χ4n) is 4.29. The van der Waals surface area contributed by atoms with E-state index in [9.17, 15) is 4.39 Å². The molecule has 1 saturated carbocycles. The van der Waals surface area contributed by atoms with E-state index in [-0.39, 0.29) is 11.6 Å². The quantitative estimate of drug-likeness (QED) is 0.568. The predicted octanol–water partition coefficient (Wildman–Crippen LogP) is 6.62. The maximum Gasteiger partial charge on any atom is 0.128 e. The first-order valence-corrected chi connectivity index (χ1v) is 11.4. The zero-order chi connectivity index (χ0) is 18.7. The number of nitrogens with zero attached hydrogens (tertiary/aromatic N) is 1. The lowest BCUT2D eigenvalue weighted by molar-refractivity contribution is 0.303. The number of halogens is 2. The zero-order valence-electron chi connectivity index (χ0n) is 15.2. The third-order valence-electron chi connectivity index (χ3n) is 5.53. The first-order chi connectivity index (χ1) is 13.2. The smallest absolute Gasteiger partial charge is 0.128 e. The Morgan fingerprint density at radius 1 is 0.963 bits per heavy atom. The number of hydrogen-bond donors (Lipinski definition) is 0. The highest BCUT2D eigenvalue weighted by Gasteiger charge is 2.46. The molecule has 1 heterocycles. The predicted molar refractivity (Wildman–Crippen MR) is 113 cm³/mol. The van der Waals surface area contributed by atoms with E-state index < -0.39 is 4.75 Å². The van der Waals surface area contributed by atoms with E-state index in [1.165, 1.54) is 18.6 Å². The van der Waals surface area contributed by atoms with E-state index in [1.807, 2.05) is 24.3 Å². The minimum atomic E-state index is -0.574. The Morgan fingerprint density at radius 2 is 1.70 bits per heavy atom. The molecule has 1 aliphatic carbocycles. The Balaban J connectivity index is 1.91. The summed E-state index contributed by atoms with van der Waals surface area (Å²) in [6, 6.07) is 13.8. The van der Waals surface area contributed by atoms with Gasteiger partial charge in [0.15, 0.2) is 0 Å². The van der Waals surface area contributed by atoms with E-state index in [0.717, 1.165) is 47.9 Å². The van der Waals surface area contributed by atoms with Crippen molar-refractivity contribution >= 4 is 27.9 Å². The van der Waals surface area contributed by atoms with Crippen LogP contribution in [0.4, 0.5) is 8.78 Å². The van der Waals surface area contributed by atoms with Crippen LogP contribution in [-0.2, 0) is 4.75 Å². The Morgan fingerprint density at radius 3 is 2.37 bits per heavy atom. The van der Waals surface area contributed by atoms with Crippen molar-refractivity contribution in [3.8, 4) is 0 Å². The van der Waals surface area contributed by atoms with Crippen LogP contribution in [0, 0.1) is 17.6 Å². The largest absolute Gasteiger partial charge is 0.271 e. The van der Waals surface area contributed by atoms with Gasteiger partial charge in [0.1, 0.15) is 16.0 Å². The van der Waals surface area contributed by atoms with Crippen LogP contribution in [-0.4, -0.2) is 16.7 Å². The molecule has 1 aliphatic heterocycles. The molecule has 2 aromatic carbocycles. The first-order valence-electron chi connectivity index (χ1n) is 9.57. The molecule has 0 aromatic heterocycles. The lowest BCUT2D eigenvalue weighted by Crippen LogP contribution is -2.36. The molecule has 0 radical (unpaired) electrons. The number of thioether (sulfide) groups is 2. The minimum absolute atomic E-state index is 0.191. The van der Waals surface area contributed by atoms with E-state index in [2.05, 4.69) is 4.99 Å². The third-order valence-corrected chi connectivity index (χ3v) is 8.31. The number of benzene rings is 2. The molecule has 1 fully saturated rings. The number of aliphatic imine (C=N–C) groups is 1.